The third kappa shape index (κ3) is 3.94. The normalized spacial score (nSPS) is 13.3. The summed E-state index contributed by atoms with van der Waals surface area (Å²) in [6.45, 7) is 0.927. The fourth-order valence-corrected chi connectivity index (χ4v) is 1.98. The molecule has 2 atom stereocenters. The molecule has 0 aromatic heterocycles. The van der Waals surface area contributed by atoms with Crippen LogP contribution in [0, 0.1) is 0 Å². The van der Waals surface area contributed by atoms with Gasteiger partial charge in [0, 0.05) is 0 Å². The number of nitrogens with two attached hydrogens (primary N) is 1. The Labute approximate surface area is 124 Å². The molecule has 0 bridgehead atoms. The molecule has 2 unspecified atom stereocenters. The predicted molar refractivity (Wildman–Crippen MR) is 83.7 cm³/mol. The first-order valence-electron chi connectivity index (χ1n) is 6.83. The van der Waals surface area contributed by atoms with Gasteiger partial charge in [0.05, 0.1) is 6.10 Å². The summed E-state index contributed by atoms with van der Waals surface area (Å²) in [7, 11) is 0. The number of carbonyl (C=O) groups excluding carboxylic acids is 1. The first-order chi connectivity index (χ1) is 10.1. The molecule has 0 spiro atoms. The molecule has 2 rings (SSSR count). The van der Waals surface area contributed by atoms with Gasteiger partial charge in [-0.05, 0) is 17.8 Å². The van der Waals surface area contributed by atoms with Gasteiger partial charge in [-0.25, -0.2) is 0 Å². The number of aliphatic hydroxyl groups excluding tert-OH is 1. The maximum absolute atomic E-state index is 12.0. The Bertz CT molecular complexity index is 535. The summed E-state index contributed by atoms with van der Waals surface area (Å²) in [5.41, 5.74) is 7.35. The summed E-state index contributed by atoms with van der Waals surface area (Å²) in [5.74, 6) is -0.622. The fraction of sp³-hybridized carbons (Fsp3) is 0.188. The lowest BCUT2D eigenvalue weighted by molar-refractivity contribution is -0.138. The lowest BCUT2D eigenvalue weighted by Gasteiger charge is -2.19. The van der Waals surface area contributed by atoms with E-state index in [1.54, 1.807) is 0 Å². The Kier molecular flexibility index (Phi) is 5.14. The van der Waals surface area contributed by atoms with Crippen LogP contribution in [-0.4, -0.2) is 30.1 Å². The second kappa shape index (κ2) is 7.06. The van der Waals surface area contributed by atoms with E-state index in [9.17, 15) is 9.90 Å². The molecule has 0 radical (unpaired) electrons. The molecule has 0 amide bonds. The number of carbonyl (C=O) groups is 1. The van der Waals surface area contributed by atoms with Crippen LogP contribution in [0.25, 0.3) is 0 Å². The van der Waals surface area contributed by atoms with Gasteiger partial charge in [0.25, 0.3) is 0 Å². The Morgan fingerprint density at radius 3 is 1.86 bits per heavy atom. The van der Waals surface area contributed by atoms with Crippen molar-refractivity contribution in [3.8, 4) is 0 Å². The molecule has 2 aromatic carbocycles. The minimum Gasteiger partial charge on any atom is -0.525 e. The van der Waals surface area contributed by atoms with E-state index in [1.807, 2.05) is 60.7 Å². The van der Waals surface area contributed by atoms with Gasteiger partial charge in [-0.2, -0.15) is 0 Å². The first-order valence-corrected chi connectivity index (χ1v) is 6.83. The molecule has 0 fully saturated rings. The third-order valence-corrected chi connectivity index (χ3v) is 3.23. The van der Waals surface area contributed by atoms with Crippen LogP contribution in [0.1, 0.15) is 6.92 Å². The quantitative estimate of drug-likeness (QED) is 0.760. The van der Waals surface area contributed by atoms with E-state index in [1.165, 1.54) is 6.92 Å². The molecule has 0 aliphatic heterocycles. The second-order valence-electron chi connectivity index (χ2n) is 4.90. The van der Waals surface area contributed by atoms with E-state index in [0.717, 1.165) is 10.9 Å². The molecule has 0 aliphatic rings. The van der Waals surface area contributed by atoms with Gasteiger partial charge in [-0.1, -0.05) is 60.7 Å². The molecular weight excluding hydrogens is 265 g/mol. The summed E-state index contributed by atoms with van der Waals surface area (Å²) in [5, 5.41) is 9.42. The van der Waals surface area contributed by atoms with Crippen molar-refractivity contribution in [1.29, 1.82) is 0 Å². The Morgan fingerprint density at radius 1 is 1.05 bits per heavy atom. The molecule has 108 valence electrons. The van der Waals surface area contributed by atoms with Crippen molar-refractivity contribution in [2.24, 2.45) is 5.73 Å². The highest BCUT2D eigenvalue weighted by molar-refractivity contribution is 6.81. The van der Waals surface area contributed by atoms with Gasteiger partial charge >= 0.3 is 12.9 Å². The zero-order valence-corrected chi connectivity index (χ0v) is 11.8. The highest BCUT2D eigenvalue weighted by atomic mass is 16.5. The zero-order valence-electron chi connectivity index (χ0n) is 11.8. The van der Waals surface area contributed by atoms with Gasteiger partial charge in [0.2, 0.25) is 0 Å². The lowest BCUT2D eigenvalue weighted by Crippen LogP contribution is -2.51. The molecule has 4 nitrogen and oxygen atoms in total. The highest BCUT2D eigenvalue weighted by Gasteiger charge is 2.29. The van der Waals surface area contributed by atoms with E-state index < -0.39 is 25.0 Å². The van der Waals surface area contributed by atoms with E-state index in [4.69, 9.17) is 10.4 Å². The van der Waals surface area contributed by atoms with Crippen molar-refractivity contribution >= 4 is 23.8 Å². The summed E-state index contributed by atoms with van der Waals surface area (Å²) >= 11 is 0. The van der Waals surface area contributed by atoms with Gasteiger partial charge in [0.1, 0.15) is 6.04 Å². The largest absolute Gasteiger partial charge is 0.525 e. The highest BCUT2D eigenvalue weighted by Crippen LogP contribution is 1.99. The van der Waals surface area contributed by atoms with Crippen LogP contribution in [0.5, 0.6) is 0 Å². The van der Waals surface area contributed by atoms with Crippen LogP contribution in [0.2, 0.25) is 0 Å². The SMILES string of the molecule is CC(O)C(N)C(=O)OB(c1ccccc1)c1ccccc1. The molecule has 5 heteroatoms. The van der Waals surface area contributed by atoms with Crippen molar-refractivity contribution in [2.45, 2.75) is 19.1 Å². The average molecular weight is 283 g/mol. The minimum atomic E-state index is -1.06. The molecule has 0 saturated heterocycles. The van der Waals surface area contributed by atoms with Crippen LogP contribution >= 0.6 is 0 Å². The van der Waals surface area contributed by atoms with Crippen LogP contribution in [-0.2, 0) is 9.45 Å². The Balaban J connectivity index is 2.28. The predicted octanol–water partition coefficient (Wildman–Crippen LogP) is 0.0436. The van der Waals surface area contributed by atoms with Gasteiger partial charge < -0.3 is 15.5 Å². The summed E-state index contributed by atoms with van der Waals surface area (Å²) < 4.78 is 5.52. The third-order valence-electron chi connectivity index (χ3n) is 3.23. The van der Waals surface area contributed by atoms with E-state index in [2.05, 4.69) is 0 Å². The van der Waals surface area contributed by atoms with Crippen LogP contribution in [0.4, 0.5) is 0 Å². The molecule has 0 aliphatic carbocycles. The molecule has 3 N–H and O–H groups in total. The van der Waals surface area contributed by atoms with Crippen LogP contribution < -0.4 is 16.7 Å². The Hall–Kier alpha value is -2.11. The van der Waals surface area contributed by atoms with Crippen LogP contribution in [0.3, 0.4) is 0 Å². The van der Waals surface area contributed by atoms with Crippen LogP contribution in [0.15, 0.2) is 60.7 Å². The van der Waals surface area contributed by atoms with Crippen molar-refractivity contribution in [2.75, 3.05) is 0 Å². The summed E-state index contributed by atoms with van der Waals surface area (Å²) in [6, 6.07) is 17.8. The van der Waals surface area contributed by atoms with E-state index >= 15 is 0 Å². The van der Waals surface area contributed by atoms with Crippen molar-refractivity contribution in [3.63, 3.8) is 0 Å². The number of hydrogen-bond acceptors (Lipinski definition) is 4. The first kappa shape index (κ1) is 15.3. The van der Waals surface area contributed by atoms with Crippen molar-refractivity contribution in [3.05, 3.63) is 60.7 Å². The second-order valence-corrected chi connectivity index (χ2v) is 4.90. The fourth-order valence-electron chi connectivity index (χ4n) is 1.98. The lowest BCUT2D eigenvalue weighted by atomic mass is 9.55. The average Bonchev–Trinajstić information content (AvgIpc) is 2.53. The van der Waals surface area contributed by atoms with Gasteiger partial charge in [-0.15, -0.1) is 0 Å². The standard InChI is InChI=1S/C16H18BNO3/c1-12(19)15(18)16(20)21-17(13-8-4-2-5-9-13)14-10-6-3-7-11-14/h2-12,15,19H,18H2,1H3. The number of rotatable bonds is 5. The van der Waals surface area contributed by atoms with E-state index in [-0.39, 0.29) is 0 Å². The summed E-state index contributed by atoms with van der Waals surface area (Å²) in [4.78, 5) is 12.0. The number of aliphatic hydroxyl groups is 1. The maximum atomic E-state index is 12.0. The number of benzene rings is 2. The van der Waals surface area contributed by atoms with E-state index in [0.29, 0.717) is 0 Å². The van der Waals surface area contributed by atoms with Crippen molar-refractivity contribution < 1.29 is 14.6 Å². The smallest absolute Gasteiger partial charge is 0.429 e. The Morgan fingerprint density at radius 2 is 1.48 bits per heavy atom. The monoisotopic (exact) mass is 283 g/mol. The molecular formula is C16H18BNO3. The molecule has 21 heavy (non-hydrogen) atoms. The molecule has 2 aromatic rings. The zero-order chi connectivity index (χ0) is 15.2. The minimum absolute atomic E-state index is 0.537. The van der Waals surface area contributed by atoms with Gasteiger partial charge in [0.15, 0.2) is 0 Å². The maximum Gasteiger partial charge on any atom is 0.429 e. The topological polar surface area (TPSA) is 72.5 Å². The molecule has 0 saturated carbocycles. The summed E-state index contributed by atoms with van der Waals surface area (Å²) in [6.07, 6.45) is -0.954. The number of hydrogen-bond donors (Lipinski definition) is 2. The molecule has 0 heterocycles. The van der Waals surface area contributed by atoms with Gasteiger partial charge in [-0.3, -0.25) is 4.79 Å². The van der Waals surface area contributed by atoms with Crippen molar-refractivity contribution in [1.82, 2.24) is 0 Å².